The molecular weight excluding hydrogens is 681 g/mol. The molecule has 1 atom stereocenters. The predicted octanol–water partition coefficient (Wildman–Crippen LogP) is 7.59. The minimum absolute atomic E-state index is 0.00853. The Balaban J connectivity index is 1.59. The fourth-order valence-corrected chi connectivity index (χ4v) is 7.94. The van der Waals surface area contributed by atoms with E-state index in [0.29, 0.717) is 21.4 Å². The van der Waals surface area contributed by atoms with E-state index < -0.39 is 28.5 Å². The summed E-state index contributed by atoms with van der Waals surface area (Å²) in [6.45, 7) is 1.22. The quantitative estimate of drug-likeness (QED) is 0.154. The predicted molar refractivity (Wildman–Crippen MR) is 195 cm³/mol. The van der Waals surface area contributed by atoms with E-state index in [-0.39, 0.29) is 35.5 Å². The molecule has 0 aliphatic heterocycles. The Hall–Kier alpha value is -4.05. The normalized spacial score (nSPS) is 14.1. The Morgan fingerprint density at radius 3 is 2.29 bits per heavy atom. The van der Waals surface area contributed by atoms with Crippen molar-refractivity contribution in [3.63, 3.8) is 0 Å². The van der Waals surface area contributed by atoms with Gasteiger partial charge >= 0.3 is 0 Å². The summed E-state index contributed by atoms with van der Waals surface area (Å²) in [5, 5.41) is 3.96. The molecule has 0 heterocycles. The highest BCUT2D eigenvalue weighted by atomic mass is 35.5. The van der Waals surface area contributed by atoms with Crippen molar-refractivity contribution >= 4 is 50.7 Å². The molecule has 0 saturated heterocycles. The minimum atomic E-state index is -4.25. The van der Waals surface area contributed by atoms with E-state index in [1.54, 1.807) is 54.6 Å². The lowest BCUT2D eigenvalue weighted by Crippen LogP contribution is -2.55. The van der Waals surface area contributed by atoms with Crippen molar-refractivity contribution in [3.8, 4) is 5.75 Å². The van der Waals surface area contributed by atoms with Gasteiger partial charge in [0.25, 0.3) is 10.0 Å². The number of anilines is 1. The fraction of sp³-hybridized carbons (Fsp3) is 0.316. The lowest BCUT2D eigenvalue weighted by atomic mass is 9.94. The molecule has 0 radical (unpaired) electrons. The van der Waals surface area contributed by atoms with Gasteiger partial charge in [-0.1, -0.05) is 103 Å². The molecule has 0 spiro atoms. The monoisotopic (exact) mass is 721 g/mol. The van der Waals surface area contributed by atoms with E-state index in [4.69, 9.17) is 27.9 Å². The molecule has 2 amide bonds. The first-order valence-corrected chi connectivity index (χ1v) is 18.6. The maximum absolute atomic E-state index is 14.8. The highest BCUT2D eigenvalue weighted by Crippen LogP contribution is 2.29. The highest BCUT2D eigenvalue weighted by Gasteiger charge is 2.36. The fourth-order valence-electron chi connectivity index (χ4n) is 6.06. The Labute approximate surface area is 299 Å². The van der Waals surface area contributed by atoms with Crippen LogP contribution in [-0.4, -0.2) is 50.9 Å². The first-order valence-electron chi connectivity index (χ1n) is 16.4. The Bertz CT molecular complexity index is 1850. The second-order valence-electron chi connectivity index (χ2n) is 12.3. The third kappa shape index (κ3) is 9.35. The van der Waals surface area contributed by atoms with Crippen LogP contribution in [-0.2, 0) is 32.6 Å². The van der Waals surface area contributed by atoms with E-state index in [1.807, 2.05) is 37.3 Å². The zero-order chi connectivity index (χ0) is 35.0. The standard InChI is InChI=1S/C38H41Cl2N3O5S/c1-27-16-20-34(21-17-27)49(46,47)43(32-14-9-15-33(24-32)48-2)26-37(44)42(25-29-18-19-30(39)23-35(29)40)36(22-28-10-5-3-6-11-28)38(45)41-31-12-7-4-8-13-31/h3,5-6,9-11,14-21,23-24,31,36H,4,7-8,12-13,22,25-26H2,1-2H3,(H,41,45)/t36-/m1/s1. The van der Waals surface area contributed by atoms with Gasteiger partial charge in [0.2, 0.25) is 11.8 Å². The van der Waals surface area contributed by atoms with E-state index in [0.717, 1.165) is 47.5 Å². The summed E-state index contributed by atoms with van der Waals surface area (Å²) in [5.41, 5.74) is 2.55. The molecule has 1 saturated carbocycles. The summed E-state index contributed by atoms with van der Waals surface area (Å²) in [6.07, 6.45) is 5.08. The summed E-state index contributed by atoms with van der Waals surface area (Å²) in [7, 11) is -2.77. The van der Waals surface area contributed by atoms with E-state index in [9.17, 15) is 18.0 Å². The zero-order valence-corrected chi connectivity index (χ0v) is 30.0. The maximum Gasteiger partial charge on any atom is 0.264 e. The van der Waals surface area contributed by atoms with Gasteiger partial charge in [0.1, 0.15) is 18.3 Å². The molecule has 8 nitrogen and oxygen atoms in total. The van der Waals surface area contributed by atoms with Crippen molar-refractivity contribution < 1.29 is 22.7 Å². The summed E-state index contributed by atoms with van der Waals surface area (Å²) in [5.74, 6) is -0.458. The van der Waals surface area contributed by atoms with Gasteiger partial charge in [-0.25, -0.2) is 8.42 Å². The third-order valence-electron chi connectivity index (χ3n) is 8.81. The van der Waals surface area contributed by atoms with Crippen LogP contribution in [0.1, 0.15) is 48.8 Å². The third-order valence-corrected chi connectivity index (χ3v) is 11.2. The van der Waals surface area contributed by atoms with Crippen LogP contribution in [0, 0.1) is 6.92 Å². The van der Waals surface area contributed by atoms with Crippen molar-refractivity contribution in [1.29, 1.82) is 0 Å². The number of sulfonamides is 1. The molecule has 1 N–H and O–H groups in total. The number of carbonyl (C=O) groups is 2. The molecule has 0 unspecified atom stereocenters. The number of nitrogens with one attached hydrogen (secondary N) is 1. The summed E-state index contributed by atoms with van der Waals surface area (Å²) in [4.78, 5) is 30.5. The highest BCUT2D eigenvalue weighted by molar-refractivity contribution is 7.92. The van der Waals surface area contributed by atoms with Crippen LogP contribution >= 0.6 is 23.2 Å². The largest absolute Gasteiger partial charge is 0.497 e. The zero-order valence-electron chi connectivity index (χ0n) is 27.6. The number of benzene rings is 4. The molecule has 1 aliphatic carbocycles. The first kappa shape index (κ1) is 36.2. The van der Waals surface area contributed by atoms with E-state index >= 15 is 0 Å². The SMILES string of the molecule is COc1cccc(N(CC(=O)N(Cc2ccc(Cl)cc2Cl)[C@H](Cc2ccccc2)C(=O)NC2CCCCC2)S(=O)(=O)c2ccc(C)cc2)c1. The average molecular weight is 723 g/mol. The van der Waals surface area contributed by atoms with Crippen LogP contribution < -0.4 is 14.4 Å². The summed E-state index contributed by atoms with van der Waals surface area (Å²) >= 11 is 12.8. The number of rotatable bonds is 13. The molecule has 1 aliphatic rings. The second kappa shape index (κ2) is 16.6. The van der Waals surface area contributed by atoms with Crippen LogP contribution in [0.25, 0.3) is 0 Å². The van der Waals surface area contributed by atoms with Gasteiger partial charge in [0.05, 0.1) is 17.7 Å². The molecule has 258 valence electrons. The molecule has 11 heteroatoms. The van der Waals surface area contributed by atoms with Gasteiger partial charge in [-0.05, 0) is 67.3 Å². The van der Waals surface area contributed by atoms with Crippen LogP contribution in [0.3, 0.4) is 0 Å². The number of methoxy groups -OCH3 is 1. The number of nitrogens with zero attached hydrogens (tertiary/aromatic N) is 2. The topological polar surface area (TPSA) is 96.0 Å². The Kier molecular flexibility index (Phi) is 12.3. The number of aryl methyl sites for hydroxylation is 1. The van der Waals surface area contributed by atoms with Gasteiger partial charge in [-0.3, -0.25) is 13.9 Å². The van der Waals surface area contributed by atoms with E-state index in [1.165, 1.54) is 24.1 Å². The van der Waals surface area contributed by atoms with Crippen molar-refractivity contribution in [2.45, 2.75) is 69.0 Å². The lowest BCUT2D eigenvalue weighted by Gasteiger charge is -2.35. The van der Waals surface area contributed by atoms with Crippen molar-refractivity contribution in [2.24, 2.45) is 0 Å². The molecule has 49 heavy (non-hydrogen) atoms. The van der Waals surface area contributed by atoms with Gasteiger partial charge in [0, 0.05) is 35.1 Å². The number of carbonyl (C=O) groups excluding carboxylic acids is 2. The molecular formula is C38H41Cl2N3O5S. The first-order chi connectivity index (χ1) is 23.5. The van der Waals surface area contributed by atoms with Crippen LogP contribution in [0.4, 0.5) is 5.69 Å². The van der Waals surface area contributed by atoms with Gasteiger partial charge < -0.3 is 15.0 Å². The lowest BCUT2D eigenvalue weighted by molar-refractivity contribution is -0.140. The Morgan fingerprint density at radius 2 is 1.61 bits per heavy atom. The molecule has 0 aromatic heterocycles. The maximum atomic E-state index is 14.8. The van der Waals surface area contributed by atoms with Crippen LogP contribution in [0.15, 0.2) is 102 Å². The van der Waals surface area contributed by atoms with Gasteiger partial charge in [-0.2, -0.15) is 0 Å². The van der Waals surface area contributed by atoms with Crippen molar-refractivity contribution in [2.75, 3.05) is 18.0 Å². The van der Waals surface area contributed by atoms with Crippen molar-refractivity contribution in [3.05, 3.63) is 124 Å². The smallest absolute Gasteiger partial charge is 0.264 e. The molecule has 5 rings (SSSR count). The number of ether oxygens (including phenoxy) is 1. The number of hydrogen-bond acceptors (Lipinski definition) is 5. The number of amides is 2. The number of halogens is 2. The average Bonchev–Trinajstić information content (AvgIpc) is 3.10. The van der Waals surface area contributed by atoms with Crippen LogP contribution in [0.2, 0.25) is 10.0 Å². The second-order valence-corrected chi connectivity index (χ2v) is 15.0. The minimum Gasteiger partial charge on any atom is -0.497 e. The Morgan fingerprint density at radius 1 is 0.898 bits per heavy atom. The molecule has 1 fully saturated rings. The number of hydrogen-bond donors (Lipinski definition) is 1. The van der Waals surface area contributed by atoms with E-state index in [2.05, 4.69) is 5.32 Å². The summed E-state index contributed by atoms with van der Waals surface area (Å²) in [6, 6.07) is 26.4. The molecule has 0 bridgehead atoms. The molecule has 4 aromatic rings. The van der Waals surface area contributed by atoms with Crippen molar-refractivity contribution in [1.82, 2.24) is 10.2 Å². The van der Waals surface area contributed by atoms with Crippen LogP contribution in [0.5, 0.6) is 5.75 Å². The van der Waals surface area contributed by atoms with Gasteiger partial charge in [-0.15, -0.1) is 0 Å². The summed E-state index contributed by atoms with van der Waals surface area (Å²) < 4.78 is 35.1. The van der Waals surface area contributed by atoms with Gasteiger partial charge in [0.15, 0.2) is 0 Å². The molecule has 4 aromatic carbocycles.